The van der Waals surface area contributed by atoms with Crippen molar-refractivity contribution in [1.29, 1.82) is 0 Å². The van der Waals surface area contributed by atoms with Crippen LogP contribution in [0.2, 0.25) is 0 Å². The monoisotopic (exact) mass is 369 g/mol. The van der Waals surface area contributed by atoms with E-state index >= 15 is 0 Å². The number of rotatable bonds is 5. The fourth-order valence-electron chi connectivity index (χ4n) is 2.30. The molecule has 0 fully saturated rings. The molecule has 2 aromatic heterocycles. The average molecular weight is 369 g/mol. The molecule has 8 heteroatoms. The minimum Gasteiger partial charge on any atom is -0.477 e. The van der Waals surface area contributed by atoms with E-state index in [1.165, 1.54) is 0 Å². The Morgan fingerprint density at radius 3 is 2.58 bits per heavy atom. The van der Waals surface area contributed by atoms with E-state index in [1.807, 2.05) is 12.1 Å². The first-order valence-corrected chi connectivity index (χ1v) is 7.83. The number of fused-ring (bicyclic) bond motifs is 1. The Bertz CT molecular complexity index is 847. The molecule has 2 heterocycles. The van der Waals surface area contributed by atoms with Gasteiger partial charge in [-0.05, 0) is 30.0 Å². The van der Waals surface area contributed by atoms with Gasteiger partial charge in [-0.15, -0.1) is 5.10 Å². The summed E-state index contributed by atoms with van der Waals surface area (Å²) in [4.78, 5) is 8.12. The number of nitrogens with zero attached hydrogens (tertiary/aromatic N) is 3. The van der Waals surface area contributed by atoms with Gasteiger partial charge in [-0.2, -0.15) is 0 Å². The van der Waals surface area contributed by atoms with Gasteiger partial charge in [0.25, 0.3) is 0 Å². The van der Waals surface area contributed by atoms with Crippen molar-refractivity contribution in [1.82, 2.24) is 14.6 Å². The molecule has 0 aliphatic heterocycles. The zero-order valence-electron chi connectivity index (χ0n) is 14.8. The summed E-state index contributed by atoms with van der Waals surface area (Å²) in [7, 11) is 0. The summed E-state index contributed by atoms with van der Waals surface area (Å²) >= 11 is 0. The minimum atomic E-state index is 0. The Balaban J connectivity index is 0.00000169. The van der Waals surface area contributed by atoms with Crippen molar-refractivity contribution < 1.29 is 23.6 Å². The highest BCUT2D eigenvalue weighted by atomic mass is 19.3. The van der Waals surface area contributed by atoms with E-state index in [2.05, 4.69) is 35.8 Å². The van der Waals surface area contributed by atoms with Crippen molar-refractivity contribution in [2.75, 3.05) is 6.61 Å². The smallest absolute Gasteiger partial charge is 0.231 e. The van der Waals surface area contributed by atoms with Crippen LogP contribution in [0.1, 0.15) is 27.2 Å². The Hall–Kier alpha value is -2.77. The van der Waals surface area contributed by atoms with Crippen LogP contribution < -0.4 is 9.68 Å². The Morgan fingerprint density at radius 1 is 1.12 bits per heavy atom. The number of imidazole rings is 1. The molecule has 0 amide bonds. The molecule has 3 rings (SSSR count). The van der Waals surface area contributed by atoms with Crippen LogP contribution in [0.15, 0.2) is 42.6 Å². The molecule has 0 unspecified atom stereocenters. The summed E-state index contributed by atoms with van der Waals surface area (Å²) in [6, 6.07) is 10.3. The molecule has 5 nitrogen and oxygen atoms in total. The number of ether oxygens (including phenoxy) is 1. The molecular formula is C18H22F3N3O2. The molecule has 26 heavy (non-hydrogen) atoms. The Labute approximate surface area is 149 Å². The fourth-order valence-corrected chi connectivity index (χ4v) is 2.30. The molecule has 1 aromatic carbocycles. The quantitative estimate of drug-likeness (QED) is 0.649. The predicted molar refractivity (Wildman–Crippen MR) is 94.7 cm³/mol. The second kappa shape index (κ2) is 8.55. The van der Waals surface area contributed by atoms with E-state index < -0.39 is 0 Å². The molecule has 0 spiro atoms. The second-order valence-corrected chi connectivity index (χ2v) is 6.85. The molecule has 0 N–H and O–H groups in total. The first-order chi connectivity index (χ1) is 11.5. The van der Waals surface area contributed by atoms with Gasteiger partial charge >= 0.3 is 0 Å². The van der Waals surface area contributed by atoms with Crippen molar-refractivity contribution in [2.24, 2.45) is 5.41 Å². The molecule has 0 aliphatic rings. The van der Waals surface area contributed by atoms with Gasteiger partial charge in [-0.1, -0.05) is 32.9 Å². The Kier molecular flexibility index (Phi) is 7.00. The average Bonchev–Trinajstić information content (AvgIpc) is 2.97. The SMILES string of the molecule is CC(C)(C)CCOc1ccc2ncc(-c3cccc(OF)c3)n2n1.F.F. The topological polar surface area (TPSA) is 48.7 Å². The number of benzene rings is 1. The highest BCUT2D eigenvalue weighted by molar-refractivity contribution is 5.64. The lowest BCUT2D eigenvalue weighted by Gasteiger charge is -2.17. The van der Waals surface area contributed by atoms with Crippen LogP contribution in [0.5, 0.6) is 11.6 Å². The van der Waals surface area contributed by atoms with Crippen molar-refractivity contribution in [2.45, 2.75) is 27.2 Å². The summed E-state index contributed by atoms with van der Waals surface area (Å²) in [6.07, 6.45) is 2.62. The maximum absolute atomic E-state index is 12.4. The van der Waals surface area contributed by atoms with Crippen LogP contribution in [0.4, 0.5) is 13.9 Å². The molecule has 0 saturated heterocycles. The van der Waals surface area contributed by atoms with Crippen molar-refractivity contribution in [3.8, 4) is 22.9 Å². The van der Waals surface area contributed by atoms with Gasteiger partial charge in [0.2, 0.25) is 5.88 Å². The van der Waals surface area contributed by atoms with Crippen LogP contribution in [-0.4, -0.2) is 21.2 Å². The van der Waals surface area contributed by atoms with Crippen LogP contribution in [0.25, 0.3) is 16.9 Å². The van der Waals surface area contributed by atoms with Gasteiger partial charge in [-0.25, -0.2) is 9.50 Å². The normalized spacial score (nSPS) is 10.8. The summed E-state index contributed by atoms with van der Waals surface area (Å²) in [6.45, 7) is 7.10. The standard InChI is InChI=1S/C18H20FN3O2.2FH/c1-18(2,3)9-10-23-17-8-7-16-20-12-15(22(16)21-17)13-5-4-6-14(11-13)24-19;;/h4-8,11-12H,9-10H2,1-3H3;2*1H. The predicted octanol–water partition coefficient (Wildman–Crippen LogP) is 4.78. The third kappa shape index (κ3) is 4.87. The lowest BCUT2D eigenvalue weighted by Crippen LogP contribution is -2.12. The zero-order chi connectivity index (χ0) is 17.2. The molecule has 0 radical (unpaired) electrons. The summed E-state index contributed by atoms with van der Waals surface area (Å²) in [5.74, 6) is 0.670. The Morgan fingerprint density at radius 2 is 1.88 bits per heavy atom. The van der Waals surface area contributed by atoms with E-state index in [1.54, 1.807) is 35.0 Å². The van der Waals surface area contributed by atoms with Gasteiger partial charge < -0.3 is 4.74 Å². The molecule has 142 valence electrons. The number of aromatic nitrogens is 3. The number of hydrogen-bond donors (Lipinski definition) is 0. The van der Waals surface area contributed by atoms with Gasteiger partial charge in [-0.3, -0.25) is 14.4 Å². The van der Waals surface area contributed by atoms with Crippen LogP contribution in [-0.2, 0) is 0 Å². The second-order valence-electron chi connectivity index (χ2n) is 6.85. The highest BCUT2D eigenvalue weighted by Crippen LogP contribution is 2.25. The molecule has 0 bridgehead atoms. The third-order valence-electron chi connectivity index (χ3n) is 3.66. The molecular weight excluding hydrogens is 347 g/mol. The molecule has 0 atom stereocenters. The van der Waals surface area contributed by atoms with Crippen LogP contribution in [0.3, 0.4) is 0 Å². The van der Waals surface area contributed by atoms with Crippen molar-refractivity contribution in [3.05, 3.63) is 42.6 Å². The van der Waals surface area contributed by atoms with E-state index in [-0.39, 0.29) is 20.6 Å². The maximum Gasteiger partial charge on any atom is 0.231 e. The third-order valence-corrected chi connectivity index (χ3v) is 3.66. The van der Waals surface area contributed by atoms with Gasteiger partial charge in [0, 0.05) is 16.2 Å². The van der Waals surface area contributed by atoms with E-state index in [0.29, 0.717) is 18.1 Å². The van der Waals surface area contributed by atoms with Gasteiger partial charge in [0.05, 0.1) is 18.5 Å². The van der Waals surface area contributed by atoms with Crippen LogP contribution >= 0.6 is 0 Å². The summed E-state index contributed by atoms with van der Waals surface area (Å²) in [5, 5.41) is 4.48. The maximum atomic E-state index is 12.4. The van der Waals surface area contributed by atoms with Gasteiger partial charge in [0.1, 0.15) is 0 Å². The summed E-state index contributed by atoms with van der Waals surface area (Å²) in [5.41, 5.74) is 2.40. The number of halogens is 3. The van der Waals surface area contributed by atoms with Crippen molar-refractivity contribution >= 4 is 5.65 Å². The van der Waals surface area contributed by atoms with E-state index in [9.17, 15) is 4.53 Å². The first kappa shape index (κ1) is 21.3. The fraction of sp³-hybridized carbons (Fsp3) is 0.333. The lowest BCUT2D eigenvalue weighted by atomic mass is 9.93. The van der Waals surface area contributed by atoms with E-state index in [4.69, 9.17) is 4.74 Å². The first-order valence-electron chi connectivity index (χ1n) is 7.83. The molecule has 3 aromatic rings. The minimum absolute atomic E-state index is 0. The van der Waals surface area contributed by atoms with E-state index in [0.717, 1.165) is 17.7 Å². The highest BCUT2D eigenvalue weighted by Gasteiger charge is 2.12. The number of hydrogen-bond acceptors (Lipinski definition) is 4. The molecule has 0 saturated carbocycles. The lowest BCUT2D eigenvalue weighted by molar-refractivity contribution is -0.00614. The van der Waals surface area contributed by atoms with Crippen LogP contribution in [0, 0.1) is 5.41 Å². The van der Waals surface area contributed by atoms with Crippen molar-refractivity contribution in [3.63, 3.8) is 0 Å². The summed E-state index contributed by atoms with van der Waals surface area (Å²) < 4.78 is 19.8. The van der Waals surface area contributed by atoms with Gasteiger partial charge in [0.15, 0.2) is 11.4 Å². The molecule has 0 aliphatic carbocycles. The largest absolute Gasteiger partial charge is 0.477 e. The zero-order valence-corrected chi connectivity index (χ0v) is 14.8.